The Balaban J connectivity index is 1.95. The van der Waals surface area contributed by atoms with Crippen LogP contribution in [0.25, 0.3) is 0 Å². The molecule has 0 saturated heterocycles. The molecule has 0 radical (unpaired) electrons. The molecule has 2 rings (SSSR count). The predicted molar refractivity (Wildman–Crippen MR) is 107 cm³/mol. The van der Waals surface area contributed by atoms with Crippen molar-refractivity contribution in [2.24, 2.45) is 5.92 Å². The standard InChI is InChI=1S/C21H25ClFNO4/c1-13(2)11-27-19-7-5-15(9-20(19)26-4)14(3)24-21(25)12-28-18-8-6-16(23)10-17(18)22/h5-10,13-14H,11-12H2,1-4H3,(H,24,25). The molecule has 1 atom stereocenters. The third-order valence-corrected chi connectivity index (χ3v) is 4.19. The molecule has 0 aliphatic rings. The van der Waals surface area contributed by atoms with Crippen LogP contribution in [0.1, 0.15) is 32.4 Å². The molecular formula is C21H25ClFNO4. The summed E-state index contributed by atoms with van der Waals surface area (Å²) in [6, 6.07) is 9.00. The van der Waals surface area contributed by atoms with Crippen LogP contribution in [0.15, 0.2) is 36.4 Å². The molecule has 152 valence electrons. The van der Waals surface area contributed by atoms with Crippen LogP contribution in [0.4, 0.5) is 4.39 Å². The summed E-state index contributed by atoms with van der Waals surface area (Å²) in [6.07, 6.45) is 0. The van der Waals surface area contributed by atoms with Crippen LogP contribution in [-0.4, -0.2) is 26.2 Å². The lowest BCUT2D eigenvalue weighted by Gasteiger charge is -2.18. The number of carbonyl (C=O) groups is 1. The molecule has 0 spiro atoms. The first kappa shape index (κ1) is 21.8. The van der Waals surface area contributed by atoms with Crippen molar-refractivity contribution in [1.82, 2.24) is 5.32 Å². The highest BCUT2D eigenvalue weighted by Gasteiger charge is 2.14. The fourth-order valence-electron chi connectivity index (χ4n) is 2.43. The fourth-order valence-corrected chi connectivity index (χ4v) is 2.65. The van der Waals surface area contributed by atoms with Crippen molar-refractivity contribution in [2.75, 3.05) is 20.3 Å². The largest absolute Gasteiger partial charge is 0.493 e. The van der Waals surface area contributed by atoms with Gasteiger partial charge in [0, 0.05) is 0 Å². The maximum Gasteiger partial charge on any atom is 0.258 e. The van der Waals surface area contributed by atoms with Crippen LogP contribution in [0.5, 0.6) is 17.2 Å². The number of amides is 1. The Morgan fingerprint density at radius 2 is 1.79 bits per heavy atom. The van der Waals surface area contributed by atoms with Crippen molar-refractivity contribution in [3.05, 3.63) is 52.8 Å². The van der Waals surface area contributed by atoms with E-state index in [2.05, 4.69) is 19.2 Å². The summed E-state index contributed by atoms with van der Waals surface area (Å²) in [5.41, 5.74) is 0.863. The van der Waals surface area contributed by atoms with Crippen molar-refractivity contribution in [3.63, 3.8) is 0 Å². The summed E-state index contributed by atoms with van der Waals surface area (Å²) in [5, 5.41) is 2.95. The highest BCUT2D eigenvalue weighted by atomic mass is 35.5. The Hall–Kier alpha value is -2.47. The summed E-state index contributed by atoms with van der Waals surface area (Å²) in [6.45, 7) is 6.35. The minimum Gasteiger partial charge on any atom is -0.493 e. The van der Waals surface area contributed by atoms with Crippen molar-refractivity contribution < 1.29 is 23.4 Å². The van der Waals surface area contributed by atoms with Gasteiger partial charge in [0.15, 0.2) is 18.1 Å². The van der Waals surface area contributed by atoms with Gasteiger partial charge in [-0.15, -0.1) is 0 Å². The Morgan fingerprint density at radius 3 is 2.43 bits per heavy atom. The number of carbonyl (C=O) groups excluding carboxylic acids is 1. The van der Waals surface area contributed by atoms with Gasteiger partial charge in [0.2, 0.25) is 0 Å². The maximum absolute atomic E-state index is 13.0. The number of halogens is 2. The molecule has 1 amide bonds. The molecule has 0 aliphatic carbocycles. The Bertz CT molecular complexity index is 813. The van der Waals surface area contributed by atoms with Crippen LogP contribution < -0.4 is 19.5 Å². The van der Waals surface area contributed by atoms with Gasteiger partial charge in [-0.1, -0.05) is 31.5 Å². The van der Waals surface area contributed by atoms with E-state index < -0.39 is 5.82 Å². The Kier molecular flexibility index (Phi) is 7.93. The van der Waals surface area contributed by atoms with Gasteiger partial charge >= 0.3 is 0 Å². The van der Waals surface area contributed by atoms with Crippen LogP contribution in [0.3, 0.4) is 0 Å². The van der Waals surface area contributed by atoms with Gasteiger partial charge in [0.05, 0.1) is 24.8 Å². The van der Waals surface area contributed by atoms with Gasteiger partial charge < -0.3 is 19.5 Å². The van der Waals surface area contributed by atoms with Crippen LogP contribution in [-0.2, 0) is 4.79 Å². The molecule has 0 bridgehead atoms. The molecule has 2 aromatic rings. The number of nitrogens with one attached hydrogen (secondary N) is 1. The zero-order valence-corrected chi connectivity index (χ0v) is 17.2. The smallest absolute Gasteiger partial charge is 0.258 e. The number of hydrogen-bond acceptors (Lipinski definition) is 4. The molecule has 0 heterocycles. The zero-order chi connectivity index (χ0) is 20.7. The quantitative estimate of drug-likeness (QED) is 0.647. The SMILES string of the molecule is COc1cc(C(C)NC(=O)COc2ccc(F)cc2Cl)ccc1OCC(C)C. The summed E-state index contributed by atoms with van der Waals surface area (Å²) >= 11 is 5.89. The first-order valence-corrected chi connectivity index (χ1v) is 9.36. The normalized spacial score (nSPS) is 11.8. The number of methoxy groups -OCH3 is 1. The summed E-state index contributed by atoms with van der Waals surface area (Å²) in [7, 11) is 1.57. The van der Waals surface area contributed by atoms with Gasteiger partial charge in [-0.05, 0) is 48.7 Å². The van der Waals surface area contributed by atoms with Gasteiger partial charge in [-0.3, -0.25) is 4.79 Å². The number of rotatable bonds is 9. The second-order valence-electron chi connectivity index (χ2n) is 6.77. The monoisotopic (exact) mass is 409 g/mol. The van der Waals surface area contributed by atoms with E-state index in [0.717, 1.165) is 11.6 Å². The zero-order valence-electron chi connectivity index (χ0n) is 16.4. The molecule has 28 heavy (non-hydrogen) atoms. The predicted octanol–water partition coefficient (Wildman–Crippen LogP) is 4.78. The van der Waals surface area contributed by atoms with Gasteiger partial charge in [0.25, 0.3) is 5.91 Å². The van der Waals surface area contributed by atoms with E-state index >= 15 is 0 Å². The van der Waals surface area contributed by atoms with Crippen molar-refractivity contribution in [1.29, 1.82) is 0 Å². The lowest BCUT2D eigenvalue weighted by molar-refractivity contribution is -0.123. The second-order valence-corrected chi connectivity index (χ2v) is 7.17. The van der Waals surface area contributed by atoms with Crippen LogP contribution >= 0.6 is 11.6 Å². The highest BCUT2D eigenvalue weighted by molar-refractivity contribution is 6.32. The molecule has 1 unspecified atom stereocenters. The Morgan fingerprint density at radius 1 is 1.07 bits per heavy atom. The van der Waals surface area contributed by atoms with Crippen molar-refractivity contribution in [3.8, 4) is 17.2 Å². The van der Waals surface area contributed by atoms with Crippen LogP contribution in [0.2, 0.25) is 5.02 Å². The second kappa shape index (κ2) is 10.2. The molecule has 0 aliphatic heterocycles. The molecule has 0 saturated carbocycles. The van der Waals surface area contributed by atoms with Gasteiger partial charge in [-0.2, -0.15) is 0 Å². The molecular weight excluding hydrogens is 385 g/mol. The van der Waals surface area contributed by atoms with E-state index in [1.165, 1.54) is 12.1 Å². The molecule has 0 fully saturated rings. The summed E-state index contributed by atoms with van der Waals surface area (Å²) < 4.78 is 29.5. The number of ether oxygens (including phenoxy) is 3. The van der Waals surface area contributed by atoms with Crippen molar-refractivity contribution >= 4 is 17.5 Å². The third kappa shape index (κ3) is 6.30. The minimum atomic E-state index is -0.467. The fraction of sp³-hybridized carbons (Fsp3) is 0.381. The Labute approximate surface area is 169 Å². The van der Waals surface area contributed by atoms with E-state index in [4.69, 9.17) is 25.8 Å². The van der Waals surface area contributed by atoms with E-state index in [9.17, 15) is 9.18 Å². The first-order chi connectivity index (χ1) is 13.3. The summed E-state index contributed by atoms with van der Waals surface area (Å²) in [4.78, 5) is 12.2. The molecule has 5 nitrogen and oxygen atoms in total. The minimum absolute atomic E-state index is 0.113. The van der Waals surface area contributed by atoms with E-state index in [1.807, 2.05) is 25.1 Å². The van der Waals surface area contributed by atoms with Gasteiger partial charge in [-0.25, -0.2) is 4.39 Å². The molecule has 7 heteroatoms. The topological polar surface area (TPSA) is 56.8 Å². The molecule has 0 aromatic heterocycles. The third-order valence-electron chi connectivity index (χ3n) is 3.89. The number of hydrogen-bond donors (Lipinski definition) is 1. The maximum atomic E-state index is 13.0. The average Bonchev–Trinajstić information content (AvgIpc) is 2.65. The van der Waals surface area contributed by atoms with E-state index in [1.54, 1.807) is 7.11 Å². The van der Waals surface area contributed by atoms with Gasteiger partial charge in [0.1, 0.15) is 11.6 Å². The lowest BCUT2D eigenvalue weighted by Crippen LogP contribution is -2.31. The highest BCUT2D eigenvalue weighted by Crippen LogP contribution is 2.30. The molecule has 1 N–H and O–H groups in total. The lowest BCUT2D eigenvalue weighted by atomic mass is 10.1. The average molecular weight is 410 g/mol. The number of benzene rings is 2. The van der Waals surface area contributed by atoms with E-state index in [-0.39, 0.29) is 29.3 Å². The molecule has 2 aromatic carbocycles. The van der Waals surface area contributed by atoms with Crippen molar-refractivity contribution in [2.45, 2.75) is 26.8 Å². The van der Waals surface area contributed by atoms with E-state index in [0.29, 0.717) is 24.0 Å². The first-order valence-electron chi connectivity index (χ1n) is 8.98. The summed E-state index contributed by atoms with van der Waals surface area (Å²) in [5.74, 6) is 1.12. The van der Waals surface area contributed by atoms with Crippen LogP contribution in [0, 0.1) is 11.7 Å².